The first-order chi connectivity index (χ1) is 10.6. The number of hydrogen-bond acceptors (Lipinski definition) is 2. The summed E-state index contributed by atoms with van der Waals surface area (Å²) < 4.78 is 2.29. The van der Waals surface area contributed by atoms with Crippen LogP contribution in [0.5, 0.6) is 0 Å². The van der Waals surface area contributed by atoms with E-state index in [0.717, 1.165) is 5.82 Å². The minimum atomic E-state index is 0.485. The molecule has 0 aromatic carbocycles. The molecule has 0 amide bonds. The van der Waals surface area contributed by atoms with Gasteiger partial charge in [-0.3, -0.25) is 4.90 Å². The molecule has 1 saturated heterocycles. The Bertz CT molecular complexity index is 622. The number of aromatic nitrogens is 2. The molecule has 3 nitrogen and oxygen atoms in total. The maximum atomic E-state index is 4.75. The quantitative estimate of drug-likeness (QED) is 0.836. The Kier molecular flexibility index (Phi) is 4.34. The van der Waals surface area contributed by atoms with E-state index in [-0.39, 0.29) is 0 Å². The van der Waals surface area contributed by atoms with Crippen molar-refractivity contribution < 1.29 is 0 Å². The number of aryl methyl sites for hydroxylation is 2. The van der Waals surface area contributed by atoms with Crippen molar-refractivity contribution in [1.82, 2.24) is 14.5 Å². The molecule has 0 saturated carbocycles. The molecule has 118 valence electrons. The van der Waals surface area contributed by atoms with E-state index in [0.29, 0.717) is 12.1 Å². The third-order valence-electron chi connectivity index (χ3n) is 4.87. The summed E-state index contributed by atoms with van der Waals surface area (Å²) in [6.45, 7) is 10.1. The van der Waals surface area contributed by atoms with Crippen LogP contribution in [-0.2, 0) is 0 Å². The molecule has 0 bridgehead atoms. The molecule has 1 atom stereocenters. The highest BCUT2D eigenvalue weighted by Crippen LogP contribution is 2.35. The van der Waals surface area contributed by atoms with Gasteiger partial charge in [0, 0.05) is 35.2 Å². The van der Waals surface area contributed by atoms with Gasteiger partial charge in [0.1, 0.15) is 5.82 Å². The number of piperidine rings is 1. The first kappa shape index (κ1) is 15.3. The summed E-state index contributed by atoms with van der Waals surface area (Å²) in [5.41, 5.74) is 3.88. The monoisotopic (exact) mass is 297 g/mol. The number of likely N-dealkylation sites (tertiary alicyclic amines) is 1. The lowest BCUT2D eigenvalue weighted by Gasteiger charge is -2.39. The first-order valence-electron chi connectivity index (χ1n) is 8.45. The maximum absolute atomic E-state index is 4.75. The second-order valence-corrected chi connectivity index (χ2v) is 6.71. The Balaban J connectivity index is 2.08. The summed E-state index contributed by atoms with van der Waals surface area (Å²) in [5, 5.41) is 0. The van der Waals surface area contributed by atoms with Crippen LogP contribution in [0.4, 0.5) is 0 Å². The van der Waals surface area contributed by atoms with E-state index in [1.54, 1.807) is 0 Å². The SMILES string of the molecule is Cc1ccc(C)n1-c1ncccc1[C@H]1CCCCN1C(C)C. The Morgan fingerprint density at radius 3 is 2.50 bits per heavy atom. The molecule has 2 aromatic heterocycles. The number of nitrogens with zero attached hydrogens (tertiary/aromatic N) is 3. The van der Waals surface area contributed by atoms with Gasteiger partial charge >= 0.3 is 0 Å². The van der Waals surface area contributed by atoms with Gasteiger partial charge in [-0.15, -0.1) is 0 Å². The topological polar surface area (TPSA) is 21.1 Å². The minimum Gasteiger partial charge on any atom is -0.303 e. The smallest absolute Gasteiger partial charge is 0.141 e. The molecule has 1 fully saturated rings. The lowest BCUT2D eigenvalue weighted by molar-refractivity contribution is 0.112. The van der Waals surface area contributed by atoms with E-state index in [9.17, 15) is 0 Å². The molecule has 3 rings (SSSR count). The molecule has 1 aliphatic rings. The zero-order valence-corrected chi connectivity index (χ0v) is 14.2. The lowest BCUT2D eigenvalue weighted by atomic mass is 9.94. The molecule has 0 N–H and O–H groups in total. The molecule has 3 heterocycles. The van der Waals surface area contributed by atoms with Crippen LogP contribution in [0.15, 0.2) is 30.5 Å². The predicted octanol–water partition coefficient (Wildman–Crippen LogP) is 4.42. The zero-order chi connectivity index (χ0) is 15.7. The zero-order valence-electron chi connectivity index (χ0n) is 14.2. The number of pyridine rings is 1. The Hall–Kier alpha value is -1.61. The fourth-order valence-corrected chi connectivity index (χ4v) is 3.76. The average molecular weight is 297 g/mol. The third kappa shape index (κ3) is 2.70. The Morgan fingerprint density at radius 2 is 1.82 bits per heavy atom. The molecule has 0 spiro atoms. The van der Waals surface area contributed by atoms with E-state index in [2.05, 4.69) is 61.4 Å². The minimum absolute atomic E-state index is 0.485. The van der Waals surface area contributed by atoms with Crippen LogP contribution in [0.25, 0.3) is 5.82 Å². The van der Waals surface area contributed by atoms with E-state index in [4.69, 9.17) is 4.98 Å². The second kappa shape index (κ2) is 6.25. The van der Waals surface area contributed by atoms with Gasteiger partial charge in [-0.05, 0) is 65.3 Å². The van der Waals surface area contributed by atoms with Crippen LogP contribution in [0, 0.1) is 13.8 Å². The summed E-state index contributed by atoms with van der Waals surface area (Å²) in [6, 6.07) is 9.76. The highest BCUT2D eigenvalue weighted by molar-refractivity contribution is 5.40. The third-order valence-corrected chi connectivity index (χ3v) is 4.87. The molecule has 0 unspecified atom stereocenters. The number of hydrogen-bond donors (Lipinski definition) is 0. The highest BCUT2D eigenvalue weighted by Gasteiger charge is 2.28. The maximum Gasteiger partial charge on any atom is 0.141 e. The molecule has 2 aromatic rings. The van der Waals surface area contributed by atoms with Crippen LogP contribution < -0.4 is 0 Å². The predicted molar refractivity (Wildman–Crippen MR) is 91.5 cm³/mol. The summed E-state index contributed by atoms with van der Waals surface area (Å²) in [4.78, 5) is 7.39. The highest BCUT2D eigenvalue weighted by atomic mass is 15.2. The van der Waals surface area contributed by atoms with Crippen molar-refractivity contribution in [2.75, 3.05) is 6.54 Å². The lowest BCUT2D eigenvalue weighted by Crippen LogP contribution is -2.39. The van der Waals surface area contributed by atoms with Crippen molar-refractivity contribution in [1.29, 1.82) is 0 Å². The van der Waals surface area contributed by atoms with Crippen LogP contribution in [-0.4, -0.2) is 27.0 Å². The average Bonchev–Trinajstić information content (AvgIpc) is 2.86. The van der Waals surface area contributed by atoms with Crippen molar-refractivity contribution in [3.8, 4) is 5.82 Å². The largest absolute Gasteiger partial charge is 0.303 e. The fourth-order valence-electron chi connectivity index (χ4n) is 3.76. The van der Waals surface area contributed by atoms with E-state index in [1.165, 1.54) is 42.8 Å². The van der Waals surface area contributed by atoms with Gasteiger partial charge in [-0.2, -0.15) is 0 Å². The normalized spacial score (nSPS) is 19.8. The van der Waals surface area contributed by atoms with Gasteiger partial charge in [0.2, 0.25) is 0 Å². The molecule has 0 radical (unpaired) electrons. The second-order valence-electron chi connectivity index (χ2n) is 6.71. The standard InChI is InChI=1S/C19H27N3/c1-14(2)21-13-6-5-9-18(21)17-8-7-12-20-19(17)22-15(3)10-11-16(22)4/h7-8,10-12,14,18H,5-6,9,13H2,1-4H3/t18-/m1/s1. The van der Waals surface area contributed by atoms with Gasteiger partial charge in [0.25, 0.3) is 0 Å². The van der Waals surface area contributed by atoms with Crippen LogP contribution in [0.1, 0.15) is 56.1 Å². The van der Waals surface area contributed by atoms with Gasteiger partial charge in [0.15, 0.2) is 0 Å². The fraction of sp³-hybridized carbons (Fsp3) is 0.526. The van der Waals surface area contributed by atoms with Gasteiger partial charge in [-0.25, -0.2) is 4.98 Å². The molecular formula is C19H27N3. The van der Waals surface area contributed by atoms with Crippen LogP contribution in [0.2, 0.25) is 0 Å². The Morgan fingerprint density at radius 1 is 1.09 bits per heavy atom. The summed E-state index contributed by atoms with van der Waals surface area (Å²) in [7, 11) is 0. The Labute approximate surface area is 134 Å². The molecular weight excluding hydrogens is 270 g/mol. The van der Waals surface area contributed by atoms with E-state index >= 15 is 0 Å². The van der Waals surface area contributed by atoms with Crippen molar-refractivity contribution in [2.24, 2.45) is 0 Å². The van der Waals surface area contributed by atoms with Crippen molar-refractivity contribution in [2.45, 2.75) is 59.0 Å². The van der Waals surface area contributed by atoms with Crippen LogP contribution in [0.3, 0.4) is 0 Å². The van der Waals surface area contributed by atoms with Crippen molar-refractivity contribution in [3.05, 3.63) is 47.4 Å². The molecule has 22 heavy (non-hydrogen) atoms. The van der Waals surface area contributed by atoms with Crippen LogP contribution >= 0.6 is 0 Å². The van der Waals surface area contributed by atoms with Gasteiger partial charge in [-0.1, -0.05) is 12.5 Å². The molecule has 0 aliphatic carbocycles. The summed E-state index contributed by atoms with van der Waals surface area (Å²) in [6.07, 6.45) is 5.77. The first-order valence-corrected chi connectivity index (χ1v) is 8.45. The number of rotatable bonds is 3. The van der Waals surface area contributed by atoms with Crippen molar-refractivity contribution >= 4 is 0 Å². The van der Waals surface area contributed by atoms with E-state index < -0.39 is 0 Å². The van der Waals surface area contributed by atoms with E-state index in [1.807, 2.05) is 6.20 Å². The molecule has 3 heteroatoms. The molecule has 1 aliphatic heterocycles. The summed E-state index contributed by atoms with van der Waals surface area (Å²) >= 11 is 0. The summed E-state index contributed by atoms with van der Waals surface area (Å²) in [5.74, 6) is 1.11. The van der Waals surface area contributed by atoms with Gasteiger partial charge in [0.05, 0.1) is 0 Å². The van der Waals surface area contributed by atoms with Crippen molar-refractivity contribution in [3.63, 3.8) is 0 Å². The van der Waals surface area contributed by atoms with Gasteiger partial charge < -0.3 is 4.57 Å².